The second-order valence-corrected chi connectivity index (χ2v) is 1.99. The lowest BCUT2D eigenvalue weighted by molar-refractivity contribution is -0.152. The minimum absolute atomic E-state index is 0.292. The van der Waals surface area contributed by atoms with Gasteiger partial charge < -0.3 is 15.6 Å². The zero-order chi connectivity index (χ0) is 7.98. The highest BCUT2D eigenvalue weighted by Crippen LogP contribution is 1.87. The predicted octanol–water partition coefficient (Wildman–Crippen LogP) is -0.741. The largest absolute Gasteiger partial charge is 0.464 e. The van der Waals surface area contributed by atoms with E-state index in [1.165, 1.54) is 6.92 Å². The molecule has 0 aliphatic heterocycles. The molecule has 0 aromatic rings. The summed E-state index contributed by atoms with van der Waals surface area (Å²) in [5, 5.41) is 8.61. The highest BCUT2D eigenvalue weighted by molar-refractivity contribution is 5.73. The van der Waals surface area contributed by atoms with Crippen LogP contribution in [0.25, 0.3) is 0 Å². The lowest BCUT2D eigenvalue weighted by atomic mass is 10.4. The SMILES string of the molecule is C[C@@H](O)C(=O)OCCCN. The number of carbonyl (C=O) groups is 1. The first-order valence-corrected chi connectivity index (χ1v) is 3.23. The van der Waals surface area contributed by atoms with Gasteiger partial charge in [-0.05, 0) is 19.9 Å². The van der Waals surface area contributed by atoms with Gasteiger partial charge >= 0.3 is 5.97 Å². The van der Waals surface area contributed by atoms with Gasteiger partial charge in [-0.25, -0.2) is 4.79 Å². The van der Waals surface area contributed by atoms with Crippen molar-refractivity contribution in [1.29, 1.82) is 0 Å². The number of rotatable bonds is 4. The number of aliphatic hydroxyl groups is 1. The van der Waals surface area contributed by atoms with Gasteiger partial charge in [0, 0.05) is 0 Å². The Bertz CT molecular complexity index is 103. The van der Waals surface area contributed by atoms with Crippen molar-refractivity contribution in [2.45, 2.75) is 19.4 Å². The molecule has 0 rings (SSSR count). The maximum Gasteiger partial charge on any atom is 0.334 e. The fraction of sp³-hybridized carbons (Fsp3) is 0.833. The van der Waals surface area contributed by atoms with Gasteiger partial charge in [-0.15, -0.1) is 0 Å². The van der Waals surface area contributed by atoms with E-state index in [0.29, 0.717) is 19.6 Å². The van der Waals surface area contributed by atoms with Crippen LogP contribution in [0.2, 0.25) is 0 Å². The summed E-state index contributed by atoms with van der Waals surface area (Å²) < 4.78 is 4.57. The number of ether oxygens (including phenoxy) is 1. The minimum atomic E-state index is -1.03. The van der Waals surface area contributed by atoms with Crippen LogP contribution < -0.4 is 5.73 Å². The standard InChI is InChI=1S/C6H13NO3/c1-5(8)6(9)10-4-2-3-7/h5,8H,2-4,7H2,1H3/t5-/m1/s1. The number of aliphatic hydroxyl groups excluding tert-OH is 1. The highest BCUT2D eigenvalue weighted by atomic mass is 16.5. The lowest BCUT2D eigenvalue weighted by Crippen LogP contribution is -2.20. The molecule has 0 fully saturated rings. The molecule has 0 amide bonds. The molecule has 0 spiro atoms. The second kappa shape index (κ2) is 5.20. The second-order valence-electron chi connectivity index (χ2n) is 1.99. The van der Waals surface area contributed by atoms with Crippen molar-refractivity contribution in [3.8, 4) is 0 Å². The van der Waals surface area contributed by atoms with E-state index in [1.807, 2.05) is 0 Å². The maximum absolute atomic E-state index is 10.5. The van der Waals surface area contributed by atoms with Crippen LogP contribution in [0, 0.1) is 0 Å². The molecule has 0 saturated carbocycles. The molecular formula is C6H13NO3. The van der Waals surface area contributed by atoms with Crippen LogP contribution in [0.4, 0.5) is 0 Å². The van der Waals surface area contributed by atoms with Gasteiger partial charge in [0.25, 0.3) is 0 Å². The highest BCUT2D eigenvalue weighted by Gasteiger charge is 2.08. The molecular weight excluding hydrogens is 134 g/mol. The Morgan fingerprint density at radius 1 is 1.80 bits per heavy atom. The van der Waals surface area contributed by atoms with Crippen molar-refractivity contribution in [1.82, 2.24) is 0 Å². The Morgan fingerprint density at radius 2 is 2.40 bits per heavy atom. The van der Waals surface area contributed by atoms with Gasteiger partial charge in [0.2, 0.25) is 0 Å². The zero-order valence-electron chi connectivity index (χ0n) is 6.04. The molecule has 4 nitrogen and oxygen atoms in total. The summed E-state index contributed by atoms with van der Waals surface area (Å²) in [5.74, 6) is -0.589. The molecule has 0 aliphatic carbocycles. The van der Waals surface area contributed by atoms with Crippen molar-refractivity contribution in [2.24, 2.45) is 5.73 Å². The normalized spacial score (nSPS) is 12.7. The van der Waals surface area contributed by atoms with E-state index in [9.17, 15) is 4.79 Å². The summed E-state index contributed by atoms with van der Waals surface area (Å²) in [4.78, 5) is 10.5. The summed E-state index contributed by atoms with van der Waals surface area (Å²) in [6.45, 7) is 2.15. The maximum atomic E-state index is 10.5. The number of hydrogen-bond acceptors (Lipinski definition) is 4. The van der Waals surface area contributed by atoms with Crippen molar-refractivity contribution in [3.63, 3.8) is 0 Å². The summed E-state index contributed by atoms with van der Waals surface area (Å²) in [7, 11) is 0. The van der Waals surface area contributed by atoms with Crippen LogP contribution in [0.5, 0.6) is 0 Å². The summed E-state index contributed by atoms with van der Waals surface area (Å²) >= 11 is 0. The number of esters is 1. The lowest BCUT2D eigenvalue weighted by Gasteiger charge is -2.04. The fourth-order valence-corrected chi connectivity index (χ4v) is 0.377. The first-order valence-electron chi connectivity index (χ1n) is 3.23. The molecule has 0 aliphatic rings. The molecule has 0 aromatic heterocycles. The van der Waals surface area contributed by atoms with Crippen molar-refractivity contribution in [3.05, 3.63) is 0 Å². The van der Waals surface area contributed by atoms with E-state index in [1.54, 1.807) is 0 Å². The van der Waals surface area contributed by atoms with Crippen LogP contribution >= 0.6 is 0 Å². The third kappa shape index (κ3) is 4.29. The monoisotopic (exact) mass is 147 g/mol. The average molecular weight is 147 g/mol. The molecule has 60 valence electrons. The molecule has 0 aromatic carbocycles. The molecule has 0 radical (unpaired) electrons. The van der Waals surface area contributed by atoms with Gasteiger partial charge in [0.05, 0.1) is 6.61 Å². The third-order valence-corrected chi connectivity index (χ3v) is 0.934. The quantitative estimate of drug-likeness (QED) is 0.406. The Balaban J connectivity index is 3.22. The van der Waals surface area contributed by atoms with Gasteiger partial charge in [-0.2, -0.15) is 0 Å². The summed E-state index contributed by atoms with van der Waals surface area (Å²) in [5.41, 5.74) is 5.14. The number of nitrogens with two attached hydrogens (primary N) is 1. The zero-order valence-corrected chi connectivity index (χ0v) is 6.04. The van der Waals surface area contributed by atoms with Crippen LogP contribution in [-0.4, -0.2) is 30.3 Å². The molecule has 0 unspecified atom stereocenters. The molecule has 0 heterocycles. The van der Waals surface area contributed by atoms with Gasteiger partial charge in [0.15, 0.2) is 0 Å². The van der Waals surface area contributed by atoms with Crippen molar-refractivity contribution >= 4 is 5.97 Å². The molecule has 4 heteroatoms. The van der Waals surface area contributed by atoms with E-state index in [-0.39, 0.29) is 0 Å². The predicted molar refractivity (Wildman–Crippen MR) is 36.3 cm³/mol. The van der Waals surface area contributed by atoms with Crippen LogP contribution in [0.3, 0.4) is 0 Å². The minimum Gasteiger partial charge on any atom is -0.464 e. The Labute approximate surface area is 60.0 Å². The van der Waals surface area contributed by atoms with E-state index in [0.717, 1.165) is 0 Å². The van der Waals surface area contributed by atoms with E-state index >= 15 is 0 Å². The van der Waals surface area contributed by atoms with Crippen LogP contribution in [0.1, 0.15) is 13.3 Å². The van der Waals surface area contributed by atoms with Gasteiger partial charge in [-0.1, -0.05) is 0 Å². The first kappa shape index (κ1) is 9.39. The smallest absolute Gasteiger partial charge is 0.334 e. The van der Waals surface area contributed by atoms with Crippen molar-refractivity contribution < 1.29 is 14.6 Å². The Hall–Kier alpha value is -0.610. The number of hydrogen-bond donors (Lipinski definition) is 2. The van der Waals surface area contributed by atoms with Crippen molar-refractivity contribution in [2.75, 3.05) is 13.2 Å². The fourth-order valence-electron chi connectivity index (χ4n) is 0.377. The van der Waals surface area contributed by atoms with E-state index in [2.05, 4.69) is 4.74 Å². The van der Waals surface area contributed by atoms with Crippen LogP contribution in [0.15, 0.2) is 0 Å². The number of carbonyl (C=O) groups excluding carboxylic acids is 1. The molecule has 0 bridgehead atoms. The molecule has 1 atom stereocenters. The van der Waals surface area contributed by atoms with E-state index < -0.39 is 12.1 Å². The van der Waals surface area contributed by atoms with E-state index in [4.69, 9.17) is 10.8 Å². The first-order chi connectivity index (χ1) is 4.68. The third-order valence-electron chi connectivity index (χ3n) is 0.934. The molecule has 3 N–H and O–H groups in total. The average Bonchev–Trinajstić information content (AvgIpc) is 1.88. The summed E-state index contributed by atoms with van der Waals surface area (Å²) in [6.07, 6.45) is -0.392. The Morgan fingerprint density at radius 3 is 2.80 bits per heavy atom. The van der Waals surface area contributed by atoms with Gasteiger partial charge in [-0.3, -0.25) is 0 Å². The van der Waals surface area contributed by atoms with Crippen LogP contribution in [-0.2, 0) is 9.53 Å². The Kier molecular flexibility index (Phi) is 4.88. The molecule has 0 saturated heterocycles. The van der Waals surface area contributed by atoms with Gasteiger partial charge in [0.1, 0.15) is 6.10 Å². The molecule has 10 heavy (non-hydrogen) atoms. The summed E-state index contributed by atoms with van der Waals surface area (Å²) in [6, 6.07) is 0. The topological polar surface area (TPSA) is 72.5 Å².